The zero-order valence-electron chi connectivity index (χ0n) is 7.88. The van der Waals surface area contributed by atoms with Gasteiger partial charge in [-0.15, -0.1) is 0 Å². The first-order chi connectivity index (χ1) is 7.61. The molecular weight excluding hydrogens is 265 g/mol. The van der Waals surface area contributed by atoms with Gasteiger partial charge in [-0.05, 0) is 11.4 Å². The molecule has 0 saturated heterocycles. The Kier molecular flexibility index (Phi) is 2.05. The number of nitrogens with two attached hydrogens (primary N) is 1. The van der Waals surface area contributed by atoms with Gasteiger partial charge in [0.1, 0.15) is 0 Å². The van der Waals surface area contributed by atoms with Crippen molar-refractivity contribution in [2.45, 2.75) is 0 Å². The van der Waals surface area contributed by atoms with Gasteiger partial charge in [-0.3, -0.25) is 4.79 Å². The molecule has 1 aromatic heterocycles. The summed E-state index contributed by atoms with van der Waals surface area (Å²) >= 11 is 13.6. The quantitative estimate of drug-likeness (QED) is 0.630. The third kappa shape index (κ3) is 1.11. The number of anilines is 1. The van der Waals surface area contributed by atoms with Crippen LogP contribution in [0.1, 0.15) is 15.9 Å². The lowest BCUT2D eigenvalue weighted by atomic mass is 10.1. The fourth-order valence-corrected chi connectivity index (χ4v) is 3.23. The number of fused-ring (bicyclic) bond motifs is 3. The van der Waals surface area contributed by atoms with E-state index in [-0.39, 0.29) is 5.78 Å². The average Bonchev–Trinajstić information content (AvgIpc) is 2.78. The number of hydrogen-bond acceptors (Lipinski definition) is 3. The summed E-state index contributed by atoms with van der Waals surface area (Å²) in [5.74, 6) is -0.0673. The molecule has 0 aliphatic heterocycles. The second-order valence-corrected chi connectivity index (χ2v) is 5.07. The normalized spacial score (nSPS) is 12.8. The van der Waals surface area contributed by atoms with Crippen LogP contribution in [0.4, 0.5) is 5.69 Å². The molecule has 1 heterocycles. The number of nitrogen functional groups attached to an aromatic ring is 1. The van der Waals surface area contributed by atoms with Crippen LogP contribution in [0.15, 0.2) is 16.8 Å². The van der Waals surface area contributed by atoms with E-state index in [4.69, 9.17) is 28.9 Å². The lowest BCUT2D eigenvalue weighted by Crippen LogP contribution is -2.00. The van der Waals surface area contributed by atoms with Gasteiger partial charge in [0.05, 0.1) is 15.6 Å². The summed E-state index contributed by atoms with van der Waals surface area (Å²) in [4.78, 5) is 12.1. The highest BCUT2D eigenvalue weighted by Gasteiger charge is 2.32. The minimum atomic E-state index is -0.0673. The van der Waals surface area contributed by atoms with Crippen molar-refractivity contribution in [3.8, 4) is 11.1 Å². The number of halogens is 2. The number of ketones is 1. The molecule has 5 heteroatoms. The van der Waals surface area contributed by atoms with Crippen LogP contribution in [0.5, 0.6) is 0 Å². The SMILES string of the molecule is Nc1cc(Cl)c(Cl)c2c1C(=O)c1cscc1-2. The molecular formula is C11H5Cl2NOS. The Morgan fingerprint density at radius 2 is 1.81 bits per heavy atom. The molecule has 0 radical (unpaired) electrons. The van der Waals surface area contributed by atoms with Crippen LogP contribution in [0.25, 0.3) is 11.1 Å². The number of hydrogen-bond donors (Lipinski definition) is 1. The lowest BCUT2D eigenvalue weighted by Gasteiger charge is -2.07. The van der Waals surface area contributed by atoms with Gasteiger partial charge in [0.2, 0.25) is 0 Å². The molecule has 0 saturated carbocycles. The topological polar surface area (TPSA) is 43.1 Å². The van der Waals surface area contributed by atoms with Crippen LogP contribution in [0.3, 0.4) is 0 Å². The maximum absolute atomic E-state index is 12.1. The Hall–Kier alpha value is -1.03. The first-order valence-electron chi connectivity index (χ1n) is 4.50. The molecule has 80 valence electrons. The van der Waals surface area contributed by atoms with Gasteiger partial charge in [-0.2, -0.15) is 11.3 Å². The molecule has 16 heavy (non-hydrogen) atoms. The molecule has 2 aromatic rings. The Labute approximate surface area is 106 Å². The molecule has 1 aliphatic rings. The molecule has 2 N–H and O–H groups in total. The molecule has 1 aliphatic carbocycles. The maximum atomic E-state index is 12.1. The third-order valence-corrected chi connectivity index (χ3v) is 4.18. The van der Waals surface area contributed by atoms with Crippen molar-refractivity contribution >= 4 is 46.0 Å². The van der Waals surface area contributed by atoms with Gasteiger partial charge >= 0.3 is 0 Å². The maximum Gasteiger partial charge on any atom is 0.197 e. The molecule has 3 rings (SSSR count). The average molecular weight is 270 g/mol. The van der Waals surface area contributed by atoms with Crippen molar-refractivity contribution in [1.29, 1.82) is 0 Å². The molecule has 0 atom stereocenters. The van der Waals surface area contributed by atoms with E-state index in [1.165, 1.54) is 17.4 Å². The van der Waals surface area contributed by atoms with E-state index in [9.17, 15) is 4.79 Å². The van der Waals surface area contributed by atoms with E-state index >= 15 is 0 Å². The molecule has 0 fully saturated rings. The van der Waals surface area contributed by atoms with Crippen LogP contribution in [-0.2, 0) is 0 Å². The molecule has 0 amide bonds. The summed E-state index contributed by atoms with van der Waals surface area (Å²) in [5.41, 5.74) is 8.85. The van der Waals surface area contributed by atoms with Gasteiger partial charge in [0, 0.05) is 27.8 Å². The Balaban J connectivity index is 2.49. The molecule has 0 unspecified atom stereocenters. The van der Waals surface area contributed by atoms with Gasteiger partial charge in [-0.25, -0.2) is 0 Å². The Morgan fingerprint density at radius 1 is 1.12 bits per heavy atom. The fraction of sp³-hybridized carbons (Fsp3) is 0. The predicted octanol–water partition coefficient (Wildman–Crippen LogP) is 3.85. The Bertz CT molecular complexity index is 633. The third-order valence-electron chi connectivity index (χ3n) is 2.65. The highest BCUT2D eigenvalue weighted by Crippen LogP contribution is 2.47. The van der Waals surface area contributed by atoms with E-state index in [2.05, 4.69) is 0 Å². The predicted molar refractivity (Wildman–Crippen MR) is 67.6 cm³/mol. The van der Waals surface area contributed by atoms with Crippen molar-refractivity contribution in [2.75, 3.05) is 5.73 Å². The van der Waals surface area contributed by atoms with E-state index < -0.39 is 0 Å². The number of carbonyl (C=O) groups is 1. The highest BCUT2D eigenvalue weighted by atomic mass is 35.5. The number of benzene rings is 1. The summed E-state index contributed by atoms with van der Waals surface area (Å²) in [6.45, 7) is 0. The fourth-order valence-electron chi connectivity index (χ4n) is 1.94. The molecule has 1 aromatic carbocycles. The van der Waals surface area contributed by atoms with E-state index in [0.717, 1.165) is 5.56 Å². The highest BCUT2D eigenvalue weighted by molar-refractivity contribution is 7.08. The van der Waals surface area contributed by atoms with Crippen molar-refractivity contribution in [3.63, 3.8) is 0 Å². The zero-order chi connectivity index (χ0) is 11.4. The smallest absolute Gasteiger partial charge is 0.197 e. The lowest BCUT2D eigenvalue weighted by molar-refractivity contribution is 0.104. The summed E-state index contributed by atoms with van der Waals surface area (Å²) in [5, 5.41) is 4.48. The second kappa shape index (κ2) is 3.23. The minimum Gasteiger partial charge on any atom is -0.398 e. The molecule has 0 bridgehead atoms. The summed E-state index contributed by atoms with van der Waals surface area (Å²) < 4.78 is 0. The monoisotopic (exact) mass is 269 g/mol. The number of carbonyl (C=O) groups excluding carboxylic acids is 1. The summed E-state index contributed by atoms with van der Waals surface area (Å²) in [7, 11) is 0. The van der Waals surface area contributed by atoms with Crippen LogP contribution in [0, 0.1) is 0 Å². The first kappa shape index (κ1) is 10.1. The van der Waals surface area contributed by atoms with Crippen LogP contribution < -0.4 is 5.73 Å². The Morgan fingerprint density at radius 3 is 2.56 bits per heavy atom. The van der Waals surface area contributed by atoms with Crippen molar-refractivity contribution in [3.05, 3.63) is 38.0 Å². The van der Waals surface area contributed by atoms with Crippen molar-refractivity contribution in [1.82, 2.24) is 0 Å². The number of thiophene rings is 1. The van der Waals surface area contributed by atoms with Crippen molar-refractivity contribution < 1.29 is 4.79 Å². The van der Waals surface area contributed by atoms with E-state index in [0.29, 0.717) is 32.4 Å². The van der Waals surface area contributed by atoms with Gasteiger partial charge in [0.15, 0.2) is 5.78 Å². The summed E-state index contributed by atoms with van der Waals surface area (Å²) in [6, 6.07) is 1.52. The van der Waals surface area contributed by atoms with Gasteiger partial charge in [0.25, 0.3) is 0 Å². The van der Waals surface area contributed by atoms with Crippen LogP contribution >= 0.6 is 34.5 Å². The largest absolute Gasteiger partial charge is 0.398 e. The molecule has 0 spiro atoms. The van der Waals surface area contributed by atoms with Crippen LogP contribution in [0.2, 0.25) is 10.0 Å². The molecule has 2 nitrogen and oxygen atoms in total. The van der Waals surface area contributed by atoms with Gasteiger partial charge in [-0.1, -0.05) is 23.2 Å². The van der Waals surface area contributed by atoms with Crippen LogP contribution in [-0.4, -0.2) is 5.78 Å². The van der Waals surface area contributed by atoms with E-state index in [1.54, 1.807) is 5.38 Å². The summed E-state index contributed by atoms with van der Waals surface area (Å²) in [6.07, 6.45) is 0. The standard InChI is InChI=1S/C11H5Cl2NOS/c12-6-1-7(14)9-8(10(6)13)4-2-16-3-5(4)11(9)15/h1-3H,14H2. The van der Waals surface area contributed by atoms with E-state index in [1.807, 2.05) is 5.38 Å². The first-order valence-corrected chi connectivity index (χ1v) is 6.20. The van der Waals surface area contributed by atoms with Crippen molar-refractivity contribution in [2.24, 2.45) is 0 Å². The number of rotatable bonds is 0. The second-order valence-electron chi connectivity index (χ2n) is 3.54. The van der Waals surface area contributed by atoms with Gasteiger partial charge < -0.3 is 5.73 Å². The minimum absolute atomic E-state index is 0.0673. The zero-order valence-corrected chi connectivity index (χ0v) is 10.2.